The molecule has 1 aromatic carbocycles. The molecule has 1 aromatic rings. The number of likely N-dealkylation sites (N-methyl/N-ethyl adjacent to an activating group) is 1. The third-order valence-electron chi connectivity index (χ3n) is 3.54. The Kier molecular flexibility index (Phi) is 6.66. The molecule has 0 aliphatic carbocycles. The van der Waals surface area contributed by atoms with E-state index in [1.54, 1.807) is 6.07 Å². The summed E-state index contributed by atoms with van der Waals surface area (Å²) in [6, 6.07) is 5.09. The maximum atomic E-state index is 13.0. The van der Waals surface area contributed by atoms with Gasteiger partial charge in [-0.25, -0.2) is 4.39 Å². The third-order valence-corrected chi connectivity index (χ3v) is 3.89. The minimum atomic E-state index is -0.272. The van der Waals surface area contributed by atoms with E-state index >= 15 is 0 Å². The minimum absolute atomic E-state index is 0.272. The first-order chi connectivity index (χ1) is 8.62. The highest BCUT2D eigenvalue weighted by molar-refractivity contribution is 6.31. The number of halogens is 2. The van der Waals surface area contributed by atoms with Crippen molar-refractivity contribution in [3.63, 3.8) is 0 Å². The molecule has 1 unspecified atom stereocenters. The van der Waals surface area contributed by atoms with Crippen LogP contribution >= 0.6 is 11.6 Å². The SMILES string of the molecule is CCNC(Cc1ccc(F)cc1Cl)C(CC)CC. The summed E-state index contributed by atoms with van der Waals surface area (Å²) in [5.74, 6) is 0.359. The van der Waals surface area contributed by atoms with Gasteiger partial charge in [0, 0.05) is 11.1 Å². The van der Waals surface area contributed by atoms with Gasteiger partial charge in [0.25, 0.3) is 0 Å². The maximum absolute atomic E-state index is 13.0. The fourth-order valence-electron chi connectivity index (χ4n) is 2.45. The van der Waals surface area contributed by atoms with E-state index in [4.69, 9.17) is 11.6 Å². The zero-order valence-electron chi connectivity index (χ0n) is 11.5. The van der Waals surface area contributed by atoms with Crippen molar-refractivity contribution in [1.82, 2.24) is 5.32 Å². The molecule has 0 amide bonds. The maximum Gasteiger partial charge on any atom is 0.124 e. The topological polar surface area (TPSA) is 12.0 Å². The molecule has 0 spiro atoms. The molecule has 0 bridgehead atoms. The van der Waals surface area contributed by atoms with Crippen molar-refractivity contribution >= 4 is 11.6 Å². The highest BCUT2D eigenvalue weighted by Crippen LogP contribution is 2.23. The first kappa shape index (κ1) is 15.5. The van der Waals surface area contributed by atoms with Crippen molar-refractivity contribution in [1.29, 1.82) is 0 Å². The second-order valence-electron chi connectivity index (χ2n) is 4.68. The van der Waals surface area contributed by atoms with E-state index < -0.39 is 0 Å². The van der Waals surface area contributed by atoms with E-state index in [0.29, 0.717) is 17.0 Å². The van der Waals surface area contributed by atoms with Gasteiger partial charge < -0.3 is 5.32 Å². The van der Waals surface area contributed by atoms with Crippen LogP contribution in [-0.4, -0.2) is 12.6 Å². The average molecular weight is 272 g/mol. The zero-order chi connectivity index (χ0) is 13.5. The molecular weight excluding hydrogens is 249 g/mol. The Hall–Kier alpha value is -0.600. The Balaban J connectivity index is 2.82. The number of hydrogen-bond acceptors (Lipinski definition) is 1. The van der Waals surface area contributed by atoms with Crippen LogP contribution in [0.15, 0.2) is 18.2 Å². The van der Waals surface area contributed by atoms with Crippen LogP contribution in [0.5, 0.6) is 0 Å². The summed E-state index contributed by atoms with van der Waals surface area (Å²) in [6.07, 6.45) is 3.15. The quantitative estimate of drug-likeness (QED) is 0.773. The zero-order valence-corrected chi connectivity index (χ0v) is 12.2. The van der Waals surface area contributed by atoms with Crippen LogP contribution in [-0.2, 0) is 6.42 Å². The molecule has 1 N–H and O–H groups in total. The summed E-state index contributed by atoms with van der Waals surface area (Å²) in [5.41, 5.74) is 1.02. The van der Waals surface area contributed by atoms with Crippen molar-refractivity contribution in [2.45, 2.75) is 46.1 Å². The lowest BCUT2D eigenvalue weighted by molar-refractivity contribution is 0.336. The normalized spacial score (nSPS) is 13.0. The average Bonchev–Trinajstić information content (AvgIpc) is 2.34. The molecule has 0 fully saturated rings. The van der Waals surface area contributed by atoms with E-state index in [0.717, 1.165) is 31.4 Å². The van der Waals surface area contributed by atoms with Crippen molar-refractivity contribution in [3.05, 3.63) is 34.6 Å². The van der Waals surface area contributed by atoms with Gasteiger partial charge in [-0.1, -0.05) is 51.3 Å². The molecule has 0 aliphatic rings. The molecule has 18 heavy (non-hydrogen) atoms. The lowest BCUT2D eigenvalue weighted by Crippen LogP contribution is -2.37. The van der Waals surface area contributed by atoms with Crippen molar-refractivity contribution in [3.8, 4) is 0 Å². The summed E-state index contributed by atoms with van der Waals surface area (Å²) in [4.78, 5) is 0. The standard InChI is InChI=1S/C15H23ClFN/c1-4-11(5-2)15(18-6-3)9-12-7-8-13(17)10-14(12)16/h7-8,10-11,15,18H,4-6,9H2,1-3H3. The van der Waals surface area contributed by atoms with Gasteiger partial charge in [0.1, 0.15) is 5.82 Å². The molecule has 0 saturated carbocycles. The molecule has 1 nitrogen and oxygen atoms in total. The summed E-state index contributed by atoms with van der Waals surface area (Å²) in [5, 5.41) is 4.05. The van der Waals surface area contributed by atoms with Gasteiger partial charge in [0.2, 0.25) is 0 Å². The van der Waals surface area contributed by atoms with Crippen molar-refractivity contribution in [2.75, 3.05) is 6.54 Å². The van der Waals surface area contributed by atoms with Gasteiger partial charge in [-0.2, -0.15) is 0 Å². The van der Waals surface area contributed by atoms with Crippen LogP contribution in [0, 0.1) is 11.7 Å². The van der Waals surface area contributed by atoms with Crippen LogP contribution in [0.3, 0.4) is 0 Å². The van der Waals surface area contributed by atoms with Crippen LogP contribution in [0.2, 0.25) is 5.02 Å². The van der Waals surface area contributed by atoms with E-state index in [2.05, 4.69) is 26.1 Å². The fraction of sp³-hybridized carbons (Fsp3) is 0.600. The molecular formula is C15H23ClFN. The number of hydrogen-bond donors (Lipinski definition) is 1. The molecule has 1 atom stereocenters. The minimum Gasteiger partial charge on any atom is -0.314 e. The Morgan fingerprint density at radius 3 is 2.39 bits per heavy atom. The first-order valence-electron chi connectivity index (χ1n) is 6.79. The van der Waals surface area contributed by atoms with Crippen molar-refractivity contribution < 1.29 is 4.39 Å². The van der Waals surface area contributed by atoms with Crippen LogP contribution < -0.4 is 5.32 Å². The Morgan fingerprint density at radius 1 is 1.22 bits per heavy atom. The molecule has 3 heteroatoms. The second kappa shape index (κ2) is 7.75. The van der Waals surface area contributed by atoms with Crippen LogP contribution in [0.4, 0.5) is 4.39 Å². The molecule has 0 saturated heterocycles. The first-order valence-corrected chi connectivity index (χ1v) is 7.17. The molecule has 0 heterocycles. The van der Waals surface area contributed by atoms with Gasteiger partial charge in [-0.15, -0.1) is 0 Å². The van der Waals surface area contributed by atoms with E-state index in [1.165, 1.54) is 12.1 Å². The second-order valence-corrected chi connectivity index (χ2v) is 5.09. The lowest BCUT2D eigenvalue weighted by atomic mass is 9.89. The molecule has 1 rings (SSSR count). The molecule has 0 aliphatic heterocycles. The molecule has 102 valence electrons. The Morgan fingerprint density at radius 2 is 1.89 bits per heavy atom. The molecule has 0 radical (unpaired) electrons. The fourth-order valence-corrected chi connectivity index (χ4v) is 2.69. The predicted octanol–water partition coefficient (Wildman–Crippen LogP) is 4.44. The van der Waals surface area contributed by atoms with Gasteiger partial charge >= 0.3 is 0 Å². The van der Waals surface area contributed by atoms with Gasteiger partial charge in [0.05, 0.1) is 0 Å². The summed E-state index contributed by atoms with van der Waals surface area (Å²) >= 11 is 6.10. The predicted molar refractivity (Wildman–Crippen MR) is 76.7 cm³/mol. The van der Waals surface area contributed by atoms with Crippen LogP contribution in [0.1, 0.15) is 39.2 Å². The number of benzene rings is 1. The van der Waals surface area contributed by atoms with Gasteiger partial charge in [-0.3, -0.25) is 0 Å². The summed E-state index contributed by atoms with van der Waals surface area (Å²) in [6.45, 7) is 7.48. The van der Waals surface area contributed by atoms with Gasteiger partial charge in [0.15, 0.2) is 0 Å². The smallest absolute Gasteiger partial charge is 0.124 e. The largest absolute Gasteiger partial charge is 0.314 e. The number of rotatable bonds is 7. The Labute approximate surface area is 115 Å². The highest BCUT2D eigenvalue weighted by Gasteiger charge is 2.19. The monoisotopic (exact) mass is 271 g/mol. The third kappa shape index (κ3) is 4.25. The van der Waals surface area contributed by atoms with E-state index in [9.17, 15) is 4.39 Å². The van der Waals surface area contributed by atoms with E-state index in [1.807, 2.05) is 0 Å². The van der Waals surface area contributed by atoms with E-state index in [-0.39, 0.29) is 5.82 Å². The van der Waals surface area contributed by atoms with Gasteiger partial charge in [-0.05, 0) is 36.6 Å². The van der Waals surface area contributed by atoms with Crippen molar-refractivity contribution in [2.24, 2.45) is 5.92 Å². The van der Waals surface area contributed by atoms with Crippen LogP contribution in [0.25, 0.3) is 0 Å². The summed E-state index contributed by atoms with van der Waals surface area (Å²) < 4.78 is 13.0. The lowest BCUT2D eigenvalue weighted by Gasteiger charge is -2.26. The number of nitrogens with one attached hydrogen (secondary N) is 1. The molecule has 0 aromatic heterocycles. The summed E-state index contributed by atoms with van der Waals surface area (Å²) in [7, 11) is 0. The highest BCUT2D eigenvalue weighted by atomic mass is 35.5. The Bertz CT molecular complexity index is 364.